The smallest absolute Gasteiger partial charge is 0.348 e. The van der Waals surface area contributed by atoms with E-state index in [-0.39, 0.29) is 0 Å². The molecule has 0 heterocycles. The Labute approximate surface area is 88.7 Å². The SMILES string of the molecule is O=C(O)C1(Oc2ccccc2)CCCC1. The number of ether oxygens (including phenoxy) is 1. The van der Waals surface area contributed by atoms with Crippen molar-refractivity contribution in [3.05, 3.63) is 30.3 Å². The fourth-order valence-electron chi connectivity index (χ4n) is 2.02. The van der Waals surface area contributed by atoms with E-state index in [0.29, 0.717) is 18.6 Å². The van der Waals surface area contributed by atoms with Crippen molar-refractivity contribution in [3.63, 3.8) is 0 Å². The summed E-state index contributed by atoms with van der Waals surface area (Å²) in [6, 6.07) is 9.17. The van der Waals surface area contributed by atoms with Crippen molar-refractivity contribution in [1.29, 1.82) is 0 Å². The number of aliphatic carboxylic acids is 1. The van der Waals surface area contributed by atoms with Gasteiger partial charge in [0.2, 0.25) is 5.60 Å². The molecule has 0 amide bonds. The van der Waals surface area contributed by atoms with Gasteiger partial charge in [0.25, 0.3) is 0 Å². The molecule has 1 aromatic carbocycles. The fourth-order valence-corrected chi connectivity index (χ4v) is 2.02. The third kappa shape index (κ3) is 1.96. The molecule has 1 aliphatic rings. The third-order valence-corrected chi connectivity index (χ3v) is 2.86. The van der Waals surface area contributed by atoms with Crippen molar-refractivity contribution < 1.29 is 14.6 Å². The second-order valence-corrected chi connectivity index (χ2v) is 3.92. The van der Waals surface area contributed by atoms with E-state index in [2.05, 4.69) is 0 Å². The Kier molecular flexibility index (Phi) is 2.62. The molecule has 80 valence electrons. The predicted octanol–water partition coefficient (Wildman–Crippen LogP) is 2.46. The van der Waals surface area contributed by atoms with Crippen molar-refractivity contribution in [1.82, 2.24) is 0 Å². The maximum absolute atomic E-state index is 11.2. The van der Waals surface area contributed by atoms with E-state index in [4.69, 9.17) is 4.74 Å². The second-order valence-electron chi connectivity index (χ2n) is 3.92. The van der Waals surface area contributed by atoms with Gasteiger partial charge >= 0.3 is 5.97 Å². The predicted molar refractivity (Wildman–Crippen MR) is 55.9 cm³/mol. The van der Waals surface area contributed by atoms with Crippen LogP contribution in [0.25, 0.3) is 0 Å². The molecule has 1 N–H and O–H groups in total. The minimum absolute atomic E-state index is 0.608. The molecule has 0 bridgehead atoms. The molecule has 0 spiro atoms. The van der Waals surface area contributed by atoms with E-state index in [9.17, 15) is 9.90 Å². The number of benzene rings is 1. The van der Waals surface area contributed by atoms with Crippen LogP contribution in [0, 0.1) is 0 Å². The van der Waals surface area contributed by atoms with Crippen molar-refractivity contribution >= 4 is 5.97 Å². The van der Waals surface area contributed by atoms with Gasteiger partial charge in [0.1, 0.15) is 5.75 Å². The normalized spacial score (nSPS) is 18.7. The molecule has 1 fully saturated rings. The first-order chi connectivity index (χ1) is 7.23. The monoisotopic (exact) mass is 206 g/mol. The Morgan fingerprint density at radius 2 is 1.80 bits per heavy atom. The van der Waals surface area contributed by atoms with Crippen LogP contribution in [0.4, 0.5) is 0 Å². The molecule has 0 atom stereocenters. The number of hydrogen-bond donors (Lipinski definition) is 1. The van der Waals surface area contributed by atoms with Gasteiger partial charge < -0.3 is 9.84 Å². The van der Waals surface area contributed by atoms with Crippen LogP contribution in [0.5, 0.6) is 5.75 Å². The van der Waals surface area contributed by atoms with E-state index < -0.39 is 11.6 Å². The Hall–Kier alpha value is -1.51. The summed E-state index contributed by atoms with van der Waals surface area (Å²) in [5.41, 5.74) is -0.985. The number of hydrogen-bond acceptors (Lipinski definition) is 2. The minimum atomic E-state index is -0.985. The highest BCUT2D eigenvalue weighted by molar-refractivity contribution is 5.78. The van der Waals surface area contributed by atoms with Crippen LogP contribution in [0.1, 0.15) is 25.7 Å². The van der Waals surface area contributed by atoms with Crippen molar-refractivity contribution in [2.75, 3.05) is 0 Å². The lowest BCUT2D eigenvalue weighted by Gasteiger charge is -2.25. The summed E-state index contributed by atoms with van der Waals surface area (Å²) in [4.78, 5) is 11.2. The number of para-hydroxylation sites is 1. The van der Waals surface area contributed by atoms with E-state index in [0.717, 1.165) is 12.8 Å². The Morgan fingerprint density at radius 1 is 1.20 bits per heavy atom. The highest BCUT2D eigenvalue weighted by atomic mass is 16.5. The topological polar surface area (TPSA) is 46.5 Å². The average Bonchev–Trinajstić information content (AvgIpc) is 2.69. The maximum Gasteiger partial charge on any atom is 0.348 e. The van der Waals surface area contributed by atoms with Gasteiger partial charge in [-0.15, -0.1) is 0 Å². The minimum Gasteiger partial charge on any atom is -0.478 e. The van der Waals surface area contributed by atoms with Gasteiger partial charge in [-0.2, -0.15) is 0 Å². The quantitative estimate of drug-likeness (QED) is 0.826. The molecule has 15 heavy (non-hydrogen) atoms. The zero-order valence-electron chi connectivity index (χ0n) is 8.48. The third-order valence-electron chi connectivity index (χ3n) is 2.86. The van der Waals surface area contributed by atoms with Crippen LogP contribution in [0.2, 0.25) is 0 Å². The molecule has 0 aliphatic heterocycles. The molecule has 0 radical (unpaired) electrons. The molecule has 2 rings (SSSR count). The Bertz CT molecular complexity index is 339. The van der Waals surface area contributed by atoms with Crippen LogP contribution >= 0.6 is 0 Å². The molecule has 1 aromatic rings. The molecular weight excluding hydrogens is 192 g/mol. The summed E-state index contributed by atoms with van der Waals surface area (Å²) < 4.78 is 5.62. The van der Waals surface area contributed by atoms with Crippen LogP contribution in [0.3, 0.4) is 0 Å². The number of carbonyl (C=O) groups is 1. The van der Waals surface area contributed by atoms with Crippen LogP contribution in [0.15, 0.2) is 30.3 Å². The molecule has 3 heteroatoms. The van der Waals surface area contributed by atoms with Gasteiger partial charge in [-0.25, -0.2) is 4.79 Å². The zero-order chi connectivity index (χ0) is 10.7. The highest BCUT2D eigenvalue weighted by Crippen LogP contribution is 2.34. The van der Waals surface area contributed by atoms with Gasteiger partial charge in [0, 0.05) is 0 Å². The van der Waals surface area contributed by atoms with Gasteiger partial charge in [0.15, 0.2) is 0 Å². The fraction of sp³-hybridized carbons (Fsp3) is 0.417. The molecule has 0 saturated heterocycles. The molecule has 3 nitrogen and oxygen atoms in total. The van der Waals surface area contributed by atoms with E-state index in [1.165, 1.54) is 0 Å². The zero-order valence-corrected chi connectivity index (χ0v) is 8.48. The van der Waals surface area contributed by atoms with Crippen LogP contribution < -0.4 is 4.74 Å². The average molecular weight is 206 g/mol. The summed E-state index contributed by atoms with van der Waals surface area (Å²) in [6.07, 6.45) is 3.08. The van der Waals surface area contributed by atoms with Gasteiger partial charge in [-0.1, -0.05) is 18.2 Å². The first-order valence-electron chi connectivity index (χ1n) is 5.20. The van der Waals surface area contributed by atoms with Gasteiger partial charge in [0.05, 0.1) is 0 Å². The summed E-state index contributed by atoms with van der Waals surface area (Å²) >= 11 is 0. The summed E-state index contributed by atoms with van der Waals surface area (Å²) in [6.45, 7) is 0. The molecule has 1 aliphatic carbocycles. The summed E-state index contributed by atoms with van der Waals surface area (Å²) in [7, 11) is 0. The Morgan fingerprint density at radius 3 is 2.33 bits per heavy atom. The van der Waals surface area contributed by atoms with Crippen molar-refractivity contribution in [2.24, 2.45) is 0 Å². The standard InChI is InChI=1S/C12H14O3/c13-11(14)12(8-4-5-9-12)15-10-6-2-1-3-7-10/h1-3,6-7H,4-5,8-9H2,(H,13,14). The first kappa shape index (κ1) is 10.0. The number of rotatable bonds is 3. The maximum atomic E-state index is 11.2. The molecule has 0 unspecified atom stereocenters. The first-order valence-corrected chi connectivity index (χ1v) is 5.20. The lowest BCUT2D eigenvalue weighted by Crippen LogP contribution is -2.41. The highest BCUT2D eigenvalue weighted by Gasteiger charge is 2.43. The van der Waals surface area contributed by atoms with Gasteiger partial charge in [-0.05, 0) is 37.8 Å². The number of carboxylic acid groups (broad SMARTS) is 1. The summed E-state index contributed by atoms with van der Waals surface area (Å²) in [5, 5.41) is 9.20. The lowest BCUT2D eigenvalue weighted by molar-refractivity contribution is -0.154. The molecular formula is C12H14O3. The van der Waals surface area contributed by atoms with Crippen molar-refractivity contribution in [3.8, 4) is 5.75 Å². The van der Waals surface area contributed by atoms with Crippen LogP contribution in [-0.2, 0) is 4.79 Å². The number of carboxylic acids is 1. The van der Waals surface area contributed by atoms with Crippen LogP contribution in [-0.4, -0.2) is 16.7 Å². The molecule has 0 aromatic heterocycles. The lowest BCUT2D eigenvalue weighted by atomic mass is 10.0. The molecule has 1 saturated carbocycles. The van der Waals surface area contributed by atoms with E-state index >= 15 is 0 Å². The largest absolute Gasteiger partial charge is 0.478 e. The van der Waals surface area contributed by atoms with E-state index in [1.807, 2.05) is 18.2 Å². The van der Waals surface area contributed by atoms with Gasteiger partial charge in [-0.3, -0.25) is 0 Å². The van der Waals surface area contributed by atoms with Crippen molar-refractivity contribution in [2.45, 2.75) is 31.3 Å². The van der Waals surface area contributed by atoms with E-state index in [1.54, 1.807) is 12.1 Å². The summed E-state index contributed by atoms with van der Waals surface area (Å²) in [5.74, 6) is -0.203. The Balaban J connectivity index is 2.18. The second kappa shape index (κ2) is 3.93.